The largest absolute Gasteiger partial charge is 0.486 e. The third kappa shape index (κ3) is 3.58. The normalized spacial score (nSPS) is 12.3. The minimum atomic E-state index is -0.392. The number of nitrogens with zero attached hydrogens (tertiary/aromatic N) is 3. The molecule has 136 valence electrons. The smallest absolute Gasteiger partial charge is 0.129 e. The van der Waals surface area contributed by atoms with Crippen LogP contribution in [-0.2, 0) is 0 Å². The van der Waals surface area contributed by atoms with Crippen LogP contribution in [0, 0.1) is 0 Å². The van der Waals surface area contributed by atoms with Crippen molar-refractivity contribution in [3.63, 3.8) is 0 Å². The van der Waals surface area contributed by atoms with Gasteiger partial charge in [-0.25, -0.2) is 4.98 Å². The van der Waals surface area contributed by atoms with Crippen LogP contribution in [0.15, 0.2) is 48.9 Å². The summed E-state index contributed by atoms with van der Waals surface area (Å²) in [6.07, 6.45) is 4.53. The first-order valence-corrected chi connectivity index (χ1v) is 9.22. The molecule has 0 fully saturated rings. The zero-order valence-electron chi connectivity index (χ0n) is 14.1. The SMILES string of the molecule is C[C@@H](Oc1ccc2[nH]ncc2c1)c1c(Cl)cnc(-c2ccc(Cl)nc2)c1Cl. The molecular formula is C19H13Cl3N4O. The Labute approximate surface area is 170 Å². The predicted octanol–water partition coefficient (Wildman–Crippen LogP) is 6.12. The van der Waals surface area contributed by atoms with Gasteiger partial charge in [0.1, 0.15) is 17.0 Å². The Morgan fingerprint density at radius 2 is 1.85 bits per heavy atom. The molecule has 0 radical (unpaired) electrons. The minimum absolute atomic E-state index is 0.392. The summed E-state index contributed by atoms with van der Waals surface area (Å²) in [4.78, 5) is 8.43. The first-order chi connectivity index (χ1) is 13.0. The lowest BCUT2D eigenvalue weighted by Gasteiger charge is -2.19. The molecule has 0 spiro atoms. The van der Waals surface area contributed by atoms with Gasteiger partial charge in [-0.1, -0.05) is 34.8 Å². The number of aromatic nitrogens is 4. The molecule has 0 bridgehead atoms. The van der Waals surface area contributed by atoms with Crippen molar-refractivity contribution in [1.29, 1.82) is 0 Å². The van der Waals surface area contributed by atoms with Crippen molar-refractivity contribution in [3.8, 4) is 17.0 Å². The van der Waals surface area contributed by atoms with Gasteiger partial charge < -0.3 is 4.74 Å². The molecule has 0 saturated carbocycles. The number of aromatic amines is 1. The molecule has 5 nitrogen and oxygen atoms in total. The van der Waals surface area contributed by atoms with Crippen LogP contribution in [0.1, 0.15) is 18.6 Å². The zero-order valence-corrected chi connectivity index (χ0v) is 16.3. The Bertz CT molecular complexity index is 1110. The quantitative estimate of drug-likeness (QED) is 0.405. The average molecular weight is 420 g/mol. The van der Waals surface area contributed by atoms with E-state index >= 15 is 0 Å². The van der Waals surface area contributed by atoms with E-state index < -0.39 is 6.10 Å². The summed E-state index contributed by atoms with van der Waals surface area (Å²) in [7, 11) is 0. The van der Waals surface area contributed by atoms with Gasteiger partial charge in [0.25, 0.3) is 0 Å². The number of fused-ring (bicyclic) bond motifs is 1. The van der Waals surface area contributed by atoms with Gasteiger partial charge >= 0.3 is 0 Å². The maximum Gasteiger partial charge on any atom is 0.129 e. The van der Waals surface area contributed by atoms with Gasteiger partial charge in [-0.15, -0.1) is 0 Å². The molecule has 0 aliphatic heterocycles. The molecular weight excluding hydrogens is 407 g/mol. The Morgan fingerprint density at radius 3 is 2.63 bits per heavy atom. The number of benzene rings is 1. The zero-order chi connectivity index (χ0) is 19.0. The van der Waals surface area contributed by atoms with Crippen LogP contribution >= 0.6 is 34.8 Å². The molecule has 1 aromatic carbocycles. The highest BCUT2D eigenvalue weighted by atomic mass is 35.5. The van der Waals surface area contributed by atoms with E-state index in [1.807, 2.05) is 25.1 Å². The molecule has 1 atom stereocenters. The van der Waals surface area contributed by atoms with E-state index in [2.05, 4.69) is 20.2 Å². The average Bonchev–Trinajstić information content (AvgIpc) is 3.11. The van der Waals surface area contributed by atoms with Crippen molar-refractivity contribution < 1.29 is 4.74 Å². The van der Waals surface area contributed by atoms with Gasteiger partial charge in [0.15, 0.2) is 0 Å². The topological polar surface area (TPSA) is 63.7 Å². The van der Waals surface area contributed by atoms with Crippen LogP contribution in [-0.4, -0.2) is 20.2 Å². The summed E-state index contributed by atoms with van der Waals surface area (Å²) in [6.45, 7) is 1.89. The molecule has 4 rings (SSSR count). The number of H-pyrrole nitrogens is 1. The van der Waals surface area contributed by atoms with Crippen LogP contribution in [0.5, 0.6) is 5.75 Å². The second-order valence-corrected chi connectivity index (χ2v) is 7.10. The van der Waals surface area contributed by atoms with Crippen LogP contribution in [0.2, 0.25) is 15.2 Å². The van der Waals surface area contributed by atoms with Crippen molar-refractivity contribution in [2.75, 3.05) is 0 Å². The van der Waals surface area contributed by atoms with E-state index in [-0.39, 0.29) is 0 Å². The van der Waals surface area contributed by atoms with Gasteiger partial charge in [0, 0.05) is 28.9 Å². The van der Waals surface area contributed by atoms with Crippen molar-refractivity contribution >= 4 is 45.7 Å². The van der Waals surface area contributed by atoms with E-state index in [9.17, 15) is 0 Å². The van der Waals surface area contributed by atoms with Gasteiger partial charge in [0.2, 0.25) is 0 Å². The maximum atomic E-state index is 6.62. The van der Waals surface area contributed by atoms with Crippen LogP contribution in [0.25, 0.3) is 22.2 Å². The number of hydrogen-bond acceptors (Lipinski definition) is 4. The minimum Gasteiger partial charge on any atom is -0.486 e. The summed E-state index contributed by atoms with van der Waals surface area (Å²) >= 11 is 18.9. The Hall–Kier alpha value is -2.34. The Balaban J connectivity index is 1.69. The highest BCUT2D eigenvalue weighted by Gasteiger charge is 2.20. The molecule has 3 aromatic heterocycles. The maximum absolute atomic E-state index is 6.62. The van der Waals surface area contributed by atoms with Crippen molar-refractivity contribution in [2.45, 2.75) is 13.0 Å². The number of ether oxygens (including phenoxy) is 1. The highest BCUT2D eigenvalue weighted by Crippen LogP contribution is 2.38. The third-order valence-electron chi connectivity index (χ3n) is 4.14. The lowest BCUT2D eigenvalue weighted by Crippen LogP contribution is -2.06. The first-order valence-electron chi connectivity index (χ1n) is 8.08. The molecule has 8 heteroatoms. The first kappa shape index (κ1) is 18.0. The molecule has 0 saturated heterocycles. The Morgan fingerprint density at radius 1 is 1.00 bits per heavy atom. The molecule has 0 amide bonds. The number of nitrogens with one attached hydrogen (secondary N) is 1. The molecule has 3 heterocycles. The second-order valence-electron chi connectivity index (χ2n) is 5.93. The van der Waals surface area contributed by atoms with E-state index in [0.717, 1.165) is 16.5 Å². The van der Waals surface area contributed by atoms with Crippen molar-refractivity contribution in [2.24, 2.45) is 0 Å². The van der Waals surface area contributed by atoms with E-state index in [0.29, 0.717) is 32.2 Å². The van der Waals surface area contributed by atoms with Crippen LogP contribution in [0.4, 0.5) is 0 Å². The van der Waals surface area contributed by atoms with E-state index in [1.54, 1.807) is 30.7 Å². The fourth-order valence-electron chi connectivity index (χ4n) is 2.83. The molecule has 0 aliphatic carbocycles. The summed E-state index contributed by atoms with van der Waals surface area (Å²) in [5.41, 5.74) is 2.91. The van der Waals surface area contributed by atoms with Crippen LogP contribution < -0.4 is 4.74 Å². The second kappa shape index (κ2) is 7.35. The molecule has 0 unspecified atom stereocenters. The lowest BCUT2D eigenvalue weighted by molar-refractivity contribution is 0.227. The standard InChI is InChI=1S/C19H13Cl3N4O/c1-10(27-13-3-4-15-12(6-13)8-25-26-15)17-14(20)9-24-19(18(17)22)11-2-5-16(21)23-7-11/h2-10H,1H3,(H,25,26)/t10-/m1/s1. The van der Waals surface area contributed by atoms with E-state index in [4.69, 9.17) is 39.5 Å². The highest BCUT2D eigenvalue weighted by molar-refractivity contribution is 6.37. The number of hydrogen-bond donors (Lipinski definition) is 1. The Kier molecular flexibility index (Phi) is 4.91. The number of pyridine rings is 2. The predicted molar refractivity (Wildman–Crippen MR) is 108 cm³/mol. The van der Waals surface area contributed by atoms with E-state index in [1.165, 1.54) is 0 Å². The fraction of sp³-hybridized carbons (Fsp3) is 0.105. The van der Waals surface area contributed by atoms with Gasteiger partial charge in [0.05, 0.1) is 27.5 Å². The summed E-state index contributed by atoms with van der Waals surface area (Å²) in [5, 5.41) is 9.13. The molecule has 4 aromatic rings. The van der Waals surface area contributed by atoms with Gasteiger partial charge in [-0.05, 0) is 37.3 Å². The monoisotopic (exact) mass is 418 g/mol. The number of halogens is 3. The van der Waals surface area contributed by atoms with Crippen molar-refractivity contribution in [3.05, 3.63) is 69.7 Å². The van der Waals surface area contributed by atoms with Crippen molar-refractivity contribution in [1.82, 2.24) is 20.2 Å². The molecule has 27 heavy (non-hydrogen) atoms. The van der Waals surface area contributed by atoms with Gasteiger partial charge in [-0.3, -0.25) is 10.1 Å². The van der Waals surface area contributed by atoms with Gasteiger partial charge in [-0.2, -0.15) is 5.10 Å². The fourth-order valence-corrected chi connectivity index (χ4v) is 3.70. The lowest BCUT2D eigenvalue weighted by atomic mass is 10.1. The van der Waals surface area contributed by atoms with Crippen LogP contribution in [0.3, 0.4) is 0 Å². The molecule has 0 aliphatic rings. The third-order valence-corrected chi connectivity index (χ3v) is 5.05. The summed E-state index contributed by atoms with van der Waals surface area (Å²) < 4.78 is 6.07. The number of rotatable bonds is 4. The summed E-state index contributed by atoms with van der Waals surface area (Å²) in [5.74, 6) is 0.690. The summed E-state index contributed by atoms with van der Waals surface area (Å²) in [6, 6.07) is 9.17. The molecule has 1 N–H and O–H groups in total.